The van der Waals surface area contributed by atoms with Crippen molar-refractivity contribution in [1.29, 1.82) is 0 Å². The highest BCUT2D eigenvalue weighted by Gasteiger charge is 2.32. The number of nitrogens with zero attached hydrogens (tertiary/aromatic N) is 4. The fourth-order valence-electron chi connectivity index (χ4n) is 3.10. The van der Waals surface area contributed by atoms with Crippen LogP contribution in [-0.2, 0) is 0 Å². The fourth-order valence-corrected chi connectivity index (χ4v) is 3.26. The van der Waals surface area contributed by atoms with Crippen LogP contribution in [0.4, 0.5) is 0 Å². The Labute approximate surface area is 157 Å². The number of aryl methyl sites for hydroxylation is 1. The van der Waals surface area contributed by atoms with Gasteiger partial charge in [-0.3, -0.25) is 4.98 Å². The van der Waals surface area contributed by atoms with E-state index in [1.165, 1.54) is 5.56 Å². The molecule has 3 aromatic rings. The summed E-state index contributed by atoms with van der Waals surface area (Å²) < 4.78 is 0. The summed E-state index contributed by atoms with van der Waals surface area (Å²) in [5.74, 6) is 0. The van der Waals surface area contributed by atoms with Crippen LogP contribution in [0.2, 0.25) is 0 Å². The zero-order valence-electron chi connectivity index (χ0n) is 14.7. The average molecular weight is 361 g/mol. The van der Waals surface area contributed by atoms with Crippen LogP contribution in [0.5, 0.6) is 0 Å². The number of rotatable bonds is 2. The van der Waals surface area contributed by atoms with Crippen molar-refractivity contribution >= 4 is 34.1 Å². The molecule has 4 rings (SSSR count). The van der Waals surface area contributed by atoms with Gasteiger partial charge in [-0.15, -0.1) is 0 Å². The number of thiocarbonyl (C=S) groups is 1. The van der Waals surface area contributed by atoms with Gasteiger partial charge in [0, 0.05) is 13.5 Å². The van der Waals surface area contributed by atoms with Crippen LogP contribution < -0.4 is 5.32 Å². The lowest BCUT2D eigenvalue weighted by atomic mass is 10.0. The molecule has 2 aromatic carbocycles. The monoisotopic (exact) mass is 361 g/mol. The van der Waals surface area contributed by atoms with Crippen molar-refractivity contribution in [3.8, 4) is 0 Å². The maximum Gasteiger partial charge on any atom is 0.190 e. The summed E-state index contributed by atoms with van der Waals surface area (Å²) in [5, 5.41) is 10.2. The Morgan fingerprint density at radius 3 is 2.58 bits per heavy atom. The van der Waals surface area contributed by atoms with Gasteiger partial charge in [-0.25, -0.2) is 9.99 Å². The lowest BCUT2D eigenvalue weighted by Gasteiger charge is -2.22. The maximum absolute atomic E-state index is 5.47. The Morgan fingerprint density at radius 2 is 1.85 bits per heavy atom. The minimum atomic E-state index is -0.0663. The lowest BCUT2D eigenvalue weighted by molar-refractivity contribution is 0.360. The molecule has 26 heavy (non-hydrogen) atoms. The van der Waals surface area contributed by atoms with Crippen molar-refractivity contribution in [2.45, 2.75) is 19.4 Å². The van der Waals surface area contributed by atoms with Crippen molar-refractivity contribution in [1.82, 2.24) is 20.3 Å². The molecule has 6 heteroatoms. The summed E-state index contributed by atoms with van der Waals surface area (Å²) in [6, 6.07) is 16.2. The number of hydrogen-bond donors (Lipinski definition) is 1. The first-order chi connectivity index (χ1) is 12.7. The summed E-state index contributed by atoms with van der Waals surface area (Å²) in [6.45, 7) is 2.08. The van der Waals surface area contributed by atoms with Crippen LogP contribution in [0.25, 0.3) is 11.0 Å². The molecule has 1 atom stereocenters. The molecule has 0 saturated heterocycles. The number of nitrogens with one attached hydrogen (secondary N) is 1. The van der Waals surface area contributed by atoms with E-state index in [1.807, 2.05) is 42.5 Å². The van der Waals surface area contributed by atoms with Crippen LogP contribution >= 0.6 is 12.2 Å². The predicted molar refractivity (Wildman–Crippen MR) is 108 cm³/mol. The second-order valence-electron chi connectivity index (χ2n) is 6.32. The Hall–Kier alpha value is -2.86. The summed E-state index contributed by atoms with van der Waals surface area (Å²) in [7, 11) is 1.81. The number of benzene rings is 2. The summed E-state index contributed by atoms with van der Waals surface area (Å²) in [4.78, 5) is 9.35. The molecule has 2 heterocycles. The van der Waals surface area contributed by atoms with Gasteiger partial charge in [0.2, 0.25) is 0 Å². The molecule has 0 radical (unpaired) electrons. The van der Waals surface area contributed by atoms with E-state index in [0.29, 0.717) is 5.11 Å². The molecular weight excluding hydrogens is 342 g/mol. The predicted octanol–water partition coefficient (Wildman–Crippen LogP) is 3.59. The van der Waals surface area contributed by atoms with Crippen LogP contribution in [0, 0.1) is 6.92 Å². The molecule has 0 aliphatic carbocycles. The highest BCUT2D eigenvalue weighted by atomic mass is 32.1. The third-order valence-corrected chi connectivity index (χ3v) is 4.92. The number of hydrogen-bond acceptors (Lipinski definition) is 4. The average Bonchev–Trinajstić information content (AvgIpc) is 3.13. The van der Waals surface area contributed by atoms with Gasteiger partial charge >= 0.3 is 0 Å². The second-order valence-corrected chi connectivity index (χ2v) is 6.70. The number of hydrazone groups is 1. The number of fused-ring (bicyclic) bond motifs is 1. The normalized spacial score (nSPS) is 16.6. The van der Waals surface area contributed by atoms with Gasteiger partial charge in [-0.2, -0.15) is 5.10 Å². The first-order valence-electron chi connectivity index (χ1n) is 8.53. The van der Waals surface area contributed by atoms with Gasteiger partial charge < -0.3 is 5.32 Å². The Kier molecular flexibility index (Phi) is 4.34. The molecule has 0 amide bonds. The zero-order valence-corrected chi connectivity index (χ0v) is 15.5. The van der Waals surface area contributed by atoms with Crippen molar-refractivity contribution in [3.05, 3.63) is 71.5 Å². The topological polar surface area (TPSA) is 53.4 Å². The quantitative estimate of drug-likeness (QED) is 0.707. The van der Waals surface area contributed by atoms with Gasteiger partial charge in [-0.1, -0.05) is 42.0 Å². The molecule has 1 N–H and O–H groups in total. The van der Waals surface area contributed by atoms with E-state index in [-0.39, 0.29) is 6.04 Å². The van der Waals surface area contributed by atoms with Gasteiger partial charge in [0.1, 0.15) is 6.04 Å². The molecule has 130 valence electrons. The van der Waals surface area contributed by atoms with Gasteiger partial charge in [-0.05, 0) is 36.8 Å². The van der Waals surface area contributed by atoms with Crippen molar-refractivity contribution in [3.63, 3.8) is 0 Å². The molecule has 1 aliphatic heterocycles. The van der Waals surface area contributed by atoms with E-state index < -0.39 is 0 Å². The molecule has 1 aromatic heterocycles. The third kappa shape index (κ3) is 3.04. The maximum atomic E-state index is 5.47. The molecule has 5 nitrogen and oxygen atoms in total. The number of para-hydroxylation sites is 2. The second kappa shape index (κ2) is 6.80. The van der Waals surface area contributed by atoms with E-state index in [0.717, 1.165) is 34.4 Å². The molecule has 0 saturated carbocycles. The van der Waals surface area contributed by atoms with E-state index >= 15 is 0 Å². The summed E-state index contributed by atoms with van der Waals surface area (Å²) >= 11 is 5.47. The van der Waals surface area contributed by atoms with Crippen molar-refractivity contribution in [2.24, 2.45) is 5.10 Å². The molecule has 0 unspecified atom stereocenters. The Balaban J connectivity index is 1.72. The third-order valence-electron chi connectivity index (χ3n) is 4.53. The summed E-state index contributed by atoms with van der Waals surface area (Å²) in [6.07, 6.45) is 2.56. The lowest BCUT2D eigenvalue weighted by Crippen LogP contribution is -2.34. The Bertz CT molecular complexity index is 997. The van der Waals surface area contributed by atoms with Crippen LogP contribution in [0.15, 0.2) is 59.8 Å². The minimum Gasteiger partial charge on any atom is -0.364 e. The smallest absolute Gasteiger partial charge is 0.190 e. The molecule has 1 aliphatic rings. The van der Waals surface area contributed by atoms with Crippen LogP contribution in [-0.4, -0.2) is 32.8 Å². The van der Waals surface area contributed by atoms with E-state index in [4.69, 9.17) is 22.3 Å². The first kappa shape index (κ1) is 16.6. The van der Waals surface area contributed by atoms with E-state index in [9.17, 15) is 0 Å². The van der Waals surface area contributed by atoms with Gasteiger partial charge in [0.15, 0.2) is 5.11 Å². The number of aromatic nitrogens is 2. The van der Waals surface area contributed by atoms with Crippen molar-refractivity contribution < 1.29 is 0 Å². The van der Waals surface area contributed by atoms with Gasteiger partial charge in [0.25, 0.3) is 0 Å². The fraction of sp³-hybridized carbons (Fsp3) is 0.200. The van der Waals surface area contributed by atoms with Gasteiger partial charge in [0.05, 0.1) is 28.6 Å². The largest absolute Gasteiger partial charge is 0.364 e. The van der Waals surface area contributed by atoms with E-state index in [1.54, 1.807) is 0 Å². The van der Waals surface area contributed by atoms with Crippen LogP contribution in [0.1, 0.15) is 29.3 Å². The Morgan fingerprint density at radius 1 is 1.12 bits per heavy atom. The van der Waals surface area contributed by atoms with Crippen molar-refractivity contribution in [2.75, 3.05) is 7.05 Å². The molecule has 0 spiro atoms. The highest BCUT2D eigenvalue weighted by molar-refractivity contribution is 7.80. The summed E-state index contributed by atoms with van der Waals surface area (Å²) in [5.41, 5.74) is 5.97. The highest BCUT2D eigenvalue weighted by Crippen LogP contribution is 2.32. The SMILES string of the molecule is CNC(=S)N1N=C(c2ccc(C)cc2)C[C@H]1c1cnc2ccccc2n1. The first-order valence-corrected chi connectivity index (χ1v) is 8.93. The standard InChI is InChI=1S/C20H19N5S/c1-13-7-9-14(10-8-13)17-11-19(25(24-17)20(26)21-2)18-12-22-15-5-3-4-6-16(15)23-18/h3-10,12,19H,11H2,1-2H3,(H,21,26)/t19-/m0/s1. The molecule has 0 bridgehead atoms. The molecular formula is C20H19N5S. The minimum absolute atomic E-state index is 0.0663. The zero-order chi connectivity index (χ0) is 18.1. The van der Waals surface area contributed by atoms with E-state index in [2.05, 4.69) is 41.5 Å². The molecule has 0 fully saturated rings. The van der Waals surface area contributed by atoms with Crippen LogP contribution in [0.3, 0.4) is 0 Å².